The number of nitrogens with one attached hydrogen (secondary N) is 1. The maximum atomic E-state index is 3.71. The summed E-state index contributed by atoms with van der Waals surface area (Å²) in [6, 6.07) is 20.1. The highest BCUT2D eigenvalue weighted by Crippen LogP contribution is 2.20. The molecule has 1 nitrogen and oxygen atoms in total. The van der Waals surface area contributed by atoms with Crippen molar-refractivity contribution < 1.29 is 0 Å². The van der Waals surface area contributed by atoms with E-state index in [4.69, 9.17) is 0 Å². The number of hydrogen-bond donors (Lipinski definition) is 1. The molecule has 2 unspecified atom stereocenters. The second kappa shape index (κ2) is 7.99. The van der Waals surface area contributed by atoms with Crippen LogP contribution in [-0.4, -0.2) is 6.54 Å². The summed E-state index contributed by atoms with van der Waals surface area (Å²) in [7, 11) is 0. The molecule has 112 valence electrons. The molecule has 0 fully saturated rings. The van der Waals surface area contributed by atoms with Crippen LogP contribution in [0, 0.1) is 6.92 Å². The monoisotopic (exact) mass is 281 g/mol. The van der Waals surface area contributed by atoms with Crippen molar-refractivity contribution in [3.8, 4) is 0 Å². The molecule has 0 aliphatic carbocycles. The van der Waals surface area contributed by atoms with E-state index in [2.05, 4.69) is 80.7 Å². The summed E-state index contributed by atoms with van der Waals surface area (Å²) in [6.45, 7) is 7.75. The topological polar surface area (TPSA) is 12.0 Å². The largest absolute Gasteiger partial charge is 0.310 e. The highest BCUT2D eigenvalue weighted by Gasteiger charge is 2.10. The van der Waals surface area contributed by atoms with Gasteiger partial charge in [-0.15, -0.1) is 0 Å². The molecule has 2 atom stereocenters. The first-order chi connectivity index (χ1) is 10.2. The second-order valence-electron chi connectivity index (χ2n) is 5.93. The molecule has 1 N–H and O–H groups in total. The summed E-state index contributed by atoms with van der Waals surface area (Å²) in [5, 5.41) is 3.71. The average Bonchev–Trinajstić information content (AvgIpc) is 2.53. The minimum Gasteiger partial charge on any atom is -0.310 e. The lowest BCUT2D eigenvalue weighted by atomic mass is 9.97. The van der Waals surface area contributed by atoms with Gasteiger partial charge in [-0.1, -0.05) is 74.0 Å². The van der Waals surface area contributed by atoms with Gasteiger partial charge in [0.05, 0.1) is 0 Å². The highest BCUT2D eigenvalue weighted by molar-refractivity contribution is 5.24. The van der Waals surface area contributed by atoms with Crippen molar-refractivity contribution >= 4 is 0 Å². The molecule has 2 aromatic carbocycles. The van der Waals surface area contributed by atoms with E-state index in [0.717, 1.165) is 13.0 Å². The summed E-state index contributed by atoms with van der Waals surface area (Å²) in [5.74, 6) is 0.606. The number of rotatable bonds is 7. The minimum atomic E-state index is 0.466. The van der Waals surface area contributed by atoms with Gasteiger partial charge in [-0.2, -0.15) is 0 Å². The van der Waals surface area contributed by atoms with Gasteiger partial charge in [-0.3, -0.25) is 0 Å². The predicted molar refractivity (Wildman–Crippen MR) is 91.7 cm³/mol. The molecule has 0 radical (unpaired) electrons. The Labute approximate surface area is 129 Å². The van der Waals surface area contributed by atoms with Crippen molar-refractivity contribution in [2.75, 3.05) is 6.54 Å². The third-order valence-electron chi connectivity index (χ3n) is 4.22. The first-order valence-corrected chi connectivity index (χ1v) is 8.05. The van der Waals surface area contributed by atoms with Crippen molar-refractivity contribution in [3.63, 3.8) is 0 Å². The van der Waals surface area contributed by atoms with Crippen LogP contribution >= 0.6 is 0 Å². The molecule has 2 rings (SSSR count). The van der Waals surface area contributed by atoms with Gasteiger partial charge in [0.25, 0.3) is 0 Å². The van der Waals surface area contributed by atoms with Crippen LogP contribution in [0.3, 0.4) is 0 Å². The van der Waals surface area contributed by atoms with Gasteiger partial charge in [0.15, 0.2) is 0 Å². The van der Waals surface area contributed by atoms with Crippen molar-refractivity contribution in [1.29, 1.82) is 0 Å². The van der Waals surface area contributed by atoms with Gasteiger partial charge >= 0.3 is 0 Å². The van der Waals surface area contributed by atoms with Crippen molar-refractivity contribution in [3.05, 3.63) is 71.3 Å². The second-order valence-corrected chi connectivity index (χ2v) is 5.93. The Bertz CT molecular complexity index is 515. The smallest absolute Gasteiger partial charge is 0.0317 e. The van der Waals surface area contributed by atoms with Crippen LogP contribution in [0.25, 0.3) is 0 Å². The zero-order valence-electron chi connectivity index (χ0n) is 13.5. The molecule has 0 heterocycles. The molecule has 21 heavy (non-hydrogen) atoms. The molecular formula is C20H27N. The molecule has 0 saturated carbocycles. The van der Waals surface area contributed by atoms with Gasteiger partial charge in [0.1, 0.15) is 0 Å². The molecule has 0 bridgehead atoms. The van der Waals surface area contributed by atoms with Gasteiger partial charge < -0.3 is 5.32 Å². The summed E-state index contributed by atoms with van der Waals surface area (Å²) in [5.41, 5.74) is 4.16. The summed E-state index contributed by atoms with van der Waals surface area (Å²) >= 11 is 0. The van der Waals surface area contributed by atoms with Crippen LogP contribution in [0.4, 0.5) is 0 Å². The maximum absolute atomic E-state index is 3.71. The van der Waals surface area contributed by atoms with Crippen LogP contribution in [-0.2, 0) is 0 Å². The van der Waals surface area contributed by atoms with Gasteiger partial charge in [0.2, 0.25) is 0 Å². The van der Waals surface area contributed by atoms with Gasteiger partial charge in [0, 0.05) is 6.04 Å². The normalized spacial score (nSPS) is 13.9. The van der Waals surface area contributed by atoms with Crippen molar-refractivity contribution in [2.24, 2.45) is 0 Å². The number of aryl methyl sites for hydroxylation is 1. The van der Waals surface area contributed by atoms with Crippen molar-refractivity contribution in [2.45, 2.75) is 45.6 Å². The Hall–Kier alpha value is -1.60. The zero-order chi connectivity index (χ0) is 15.1. The van der Waals surface area contributed by atoms with E-state index >= 15 is 0 Å². The van der Waals surface area contributed by atoms with Crippen LogP contribution in [0.15, 0.2) is 54.6 Å². The van der Waals surface area contributed by atoms with Crippen LogP contribution < -0.4 is 5.32 Å². The lowest BCUT2D eigenvalue weighted by Gasteiger charge is -2.19. The van der Waals surface area contributed by atoms with E-state index in [0.29, 0.717) is 12.0 Å². The summed E-state index contributed by atoms with van der Waals surface area (Å²) in [6.07, 6.45) is 2.30. The quantitative estimate of drug-likeness (QED) is 0.732. The minimum absolute atomic E-state index is 0.466. The van der Waals surface area contributed by atoms with Crippen LogP contribution in [0.2, 0.25) is 0 Å². The fraction of sp³-hybridized carbons (Fsp3) is 0.400. The van der Waals surface area contributed by atoms with E-state index in [9.17, 15) is 0 Å². The van der Waals surface area contributed by atoms with E-state index in [-0.39, 0.29) is 0 Å². The lowest BCUT2D eigenvalue weighted by Crippen LogP contribution is -2.23. The fourth-order valence-corrected chi connectivity index (χ4v) is 2.72. The standard InChI is InChI=1S/C20H27N/c1-4-20(19-12-10-16(2)11-13-19)21-15-14-17(3)18-8-6-5-7-9-18/h5-13,17,20-21H,4,14-15H2,1-3H3. The number of hydrogen-bond acceptors (Lipinski definition) is 1. The van der Waals surface area contributed by atoms with Crippen molar-refractivity contribution in [1.82, 2.24) is 5.32 Å². The van der Waals surface area contributed by atoms with E-state index in [1.807, 2.05) is 0 Å². The Morgan fingerprint density at radius 2 is 1.57 bits per heavy atom. The number of benzene rings is 2. The van der Waals surface area contributed by atoms with Gasteiger partial charge in [-0.05, 0) is 43.4 Å². The molecule has 1 heteroatoms. The third-order valence-corrected chi connectivity index (χ3v) is 4.22. The summed E-state index contributed by atoms with van der Waals surface area (Å²) in [4.78, 5) is 0. The first kappa shape index (κ1) is 15.8. The molecule has 0 amide bonds. The maximum Gasteiger partial charge on any atom is 0.0317 e. The Morgan fingerprint density at radius 3 is 2.19 bits per heavy atom. The first-order valence-electron chi connectivity index (χ1n) is 8.05. The summed E-state index contributed by atoms with van der Waals surface area (Å²) < 4.78 is 0. The van der Waals surface area contributed by atoms with Crippen LogP contribution in [0.5, 0.6) is 0 Å². The Balaban J connectivity index is 1.85. The van der Waals surface area contributed by atoms with Crippen LogP contribution in [0.1, 0.15) is 55.3 Å². The van der Waals surface area contributed by atoms with E-state index in [1.165, 1.54) is 23.1 Å². The third kappa shape index (κ3) is 4.71. The molecule has 0 aliphatic rings. The molecular weight excluding hydrogens is 254 g/mol. The zero-order valence-corrected chi connectivity index (χ0v) is 13.5. The molecule has 0 spiro atoms. The molecule has 0 saturated heterocycles. The average molecular weight is 281 g/mol. The SMILES string of the molecule is CCC(NCCC(C)c1ccccc1)c1ccc(C)cc1. The lowest BCUT2D eigenvalue weighted by molar-refractivity contribution is 0.493. The molecule has 0 aromatic heterocycles. The highest BCUT2D eigenvalue weighted by atomic mass is 14.9. The molecule has 2 aromatic rings. The fourth-order valence-electron chi connectivity index (χ4n) is 2.72. The Morgan fingerprint density at radius 1 is 0.905 bits per heavy atom. The molecule has 0 aliphatic heterocycles. The van der Waals surface area contributed by atoms with E-state index < -0.39 is 0 Å². The Kier molecular flexibility index (Phi) is 6.01. The van der Waals surface area contributed by atoms with Gasteiger partial charge in [-0.25, -0.2) is 0 Å². The van der Waals surface area contributed by atoms with E-state index in [1.54, 1.807) is 0 Å². The predicted octanol–water partition coefficient (Wildman–Crippen LogP) is 5.23.